The predicted octanol–water partition coefficient (Wildman–Crippen LogP) is 2.63. The summed E-state index contributed by atoms with van der Waals surface area (Å²) in [6.07, 6.45) is 1.63. The van der Waals surface area contributed by atoms with Gasteiger partial charge in [0.1, 0.15) is 0 Å². The number of rotatable bonds is 2. The second-order valence-electron chi connectivity index (χ2n) is 4.83. The van der Waals surface area contributed by atoms with Gasteiger partial charge < -0.3 is 5.32 Å². The SMILES string of the molecule is CCc1nc(-c2ccc(F)c(F)c2)nc2c1CNCC2. The Bertz CT molecular complexity index is 639. The number of hydrogen-bond donors (Lipinski definition) is 1. The average molecular weight is 275 g/mol. The average Bonchev–Trinajstić information content (AvgIpc) is 2.49. The third-order valence-electron chi connectivity index (χ3n) is 3.53. The van der Waals surface area contributed by atoms with Crippen LogP contribution in [0.4, 0.5) is 8.78 Å². The van der Waals surface area contributed by atoms with Crippen molar-refractivity contribution >= 4 is 0 Å². The van der Waals surface area contributed by atoms with Gasteiger partial charge in [0.05, 0.1) is 5.69 Å². The number of aryl methyl sites for hydroxylation is 1. The van der Waals surface area contributed by atoms with Gasteiger partial charge in [0.15, 0.2) is 17.5 Å². The molecule has 0 aliphatic carbocycles. The molecule has 20 heavy (non-hydrogen) atoms. The maximum atomic E-state index is 13.3. The predicted molar refractivity (Wildman–Crippen MR) is 72.2 cm³/mol. The van der Waals surface area contributed by atoms with Crippen molar-refractivity contribution < 1.29 is 8.78 Å². The Labute approximate surface area is 116 Å². The lowest BCUT2D eigenvalue weighted by molar-refractivity contribution is 0.509. The summed E-state index contributed by atoms with van der Waals surface area (Å²) in [5.74, 6) is -1.25. The number of halogens is 2. The van der Waals surface area contributed by atoms with E-state index in [1.54, 1.807) is 0 Å². The third-order valence-corrected chi connectivity index (χ3v) is 3.53. The van der Waals surface area contributed by atoms with Crippen LogP contribution in [-0.2, 0) is 19.4 Å². The van der Waals surface area contributed by atoms with Gasteiger partial charge in [-0.2, -0.15) is 0 Å². The van der Waals surface area contributed by atoms with E-state index in [9.17, 15) is 8.78 Å². The molecule has 0 saturated heterocycles. The minimum atomic E-state index is -0.872. The van der Waals surface area contributed by atoms with Crippen molar-refractivity contribution in [2.75, 3.05) is 6.54 Å². The van der Waals surface area contributed by atoms with Crippen molar-refractivity contribution in [3.05, 3.63) is 46.8 Å². The van der Waals surface area contributed by atoms with Crippen LogP contribution in [0.1, 0.15) is 23.9 Å². The van der Waals surface area contributed by atoms with Crippen molar-refractivity contribution in [1.29, 1.82) is 0 Å². The summed E-state index contributed by atoms with van der Waals surface area (Å²) in [5.41, 5.74) is 3.64. The minimum absolute atomic E-state index is 0.474. The first-order chi connectivity index (χ1) is 9.69. The quantitative estimate of drug-likeness (QED) is 0.915. The highest BCUT2D eigenvalue weighted by atomic mass is 19.2. The normalized spacial score (nSPS) is 14.2. The molecule has 0 spiro atoms. The Kier molecular flexibility index (Phi) is 3.44. The van der Waals surface area contributed by atoms with Crippen LogP contribution >= 0.6 is 0 Å². The molecule has 3 nitrogen and oxygen atoms in total. The van der Waals surface area contributed by atoms with E-state index in [1.807, 2.05) is 6.92 Å². The maximum Gasteiger partial charge on any atom is 0.159 e. The molecule has 104 valence electrons. The van der Waals surface area contributed by atoms with Gasteiger partial charge in [0.2, 0.25) is 0 Å². The van der Waals surface area contributed by atoms with Crippen molar-refractivity contribution in [3.63, 3.8) is 0 Å². The summed E-state index contributed by atoms with van der Waals surface area (Å²) >= 11 is 0. The van der Waals surface area contributed by atoms with Crippen LogP contribution in [0, 0.1) is 11.6 Å². The number of nitrogens with one attached hydrogen (secondary N) is 1. The van der Waals surface area contributed by atoms with E-state index in [0.717, 1.165) is 55.0 Å². The number of benzene rings is 1. The first kappa shape index (κ1) is 13.1. The molecule has 0 bridgehead atoms. The molecule has 1 aliphatic rings. The van der Waals surface area contributed by atoms with Crippen molar-refractivity contribution in [2.24, 2.45) is 0 Å². The summed E-state index contributed by atoms with van der Waals surface area (Å²) in [6, 6.07) is 3.78. The van der Waals surface area contributed by atoms with Crippen LogP contribution in [0.3, 0.4) is 0 Å². The number of aromatic nitrogens is 2. The van der Waals surface area contributed by atoms with Gasteiger partial charge in [-0.15, -0.1) is 0 Å². The molecule has 0 fully saturated rings. The highest BCUT2D eigenvalue weighted by Gasteiger charge is 2.17. The largest absolute Gasteiger partial charge is 0.312 e. The topological polar surface area (TPSA) is 37.8 Å². The summed E-state index contributed by atoms with van der Waals surface area (Å²) in [6.45, 7) is 3.69. The van der Waals surface area contributed by atoms with Crippen LogP contribution in [0.5, 0.6) is 0 Å². The molecule has 1 aliphatic heterocycles. The Hall–Kier alpha value is -1.88. The smallest absolute Gasteiger partial charge is 0.159 e. The molecule has 0 saturated carbocycles. The van der Waals surface area contributed by atoms with E-state index in [2.05, 4.69) is 15.3 Å². The zero-order valence-electron chi connectivity index (χ0n) is 11.2. The second-order valence-corrected chi connectivity index (χ2v) is 4.83. The molecule has 0 unspecified atom stereocenters. The van der Waals surface area contributed by atoms with E-state index in [-0.39, 0.29) is 0 Å². The molecule has 0 amide bonds. The Balaban J connectivity index is 2.11. The van der Waals surface area contributed by atoms with Gasteiger partial charge in [-0.25, -0.2) is 18.7 Å². The molecule has 0 radical (unpaired) electrons. The van der Waals surface area contributed by atoms with Crippen molar-refractivity contribution in [1.82, 2.24) is 15.3 Å². The van der Waals surface area contributed by atoms with Crippen molar-refractivity contribution in [3.8, 4) is 11.4 Å². The fourth-order valence-corrected chi connectivity index (χ4v) is 2.47. The van der Waals surface area contributed by atoms with Gasteiger partial charge >= 0.3 is 0 Å². The van der Waals surface area contributed by atoms with Crippen LogP contribution in [0.15, 0.2) is 18.2 Å². The van der Waals surface area contributed by atoms with Crippen LogP contribution in [0.2, 0.25) is 0 Å². The second kappa shape index (κ2) is 5.25. The highest BCUT2D eigenvalue weighted by Crippen LogP contribution is 2.23. The summed E-state index contributed by atoms with van der Waals surface area (Å²) in [5, 5.41) is 3.30. The molecule has 3 rings (SSSR count). The number of fused-ring (bicyclic) bond motifs is 1. The number of nitrogens with zero attached hydrogens (tertiary/aromatic N) is 2. The zero-order valence-corrected chi connectivity index (χ0v) is 11.2. The fourth-order valence-electron chi connectivity index (χ4n) is 2.47. The van der Waals surface area contributed by atoms with Gasteiger partial charge in [-0.3, -0.25) is 0 Å². The Morgan fingerprint density at radius 2 is 2.05 bits per heavy atom. The summed E-state index contributed by atoms with van der Waals surface area (Å²) in [7, 11) is 0. The van der Waals surface area contributed by atoms with Gasteiger partial charge in [0.25, 0.3) is 0 Å². The van der Waals surface area contributed by atoms with Gasteiger partial charge in [-0.1, -0.05) is 6.92 Å². The van der Waals surface area contributed by atoms with Crippen molar-refractivity contribution in [2.45, 2.75) is 26.3 Å². The fraction of sp³-hybridized carbons (Fsp3) is 0.333. The monoisotopic (exact) mass is 275 g/mol. The molecular formula is C15H15F2N3. The van der Waals surface area contributed by atoms with Gasteiger partial charge in [-0.05, 0) is 24.6 Å². The number of hydrogen-bond acceptors (Lipinski definition) is 3. The lowest BCUT2D eigenvalue weighted by Gasteiger charge is -2.19. The lowest BCUT2D eigenvalue weighted by atomic mass is 10.0. The molecule has 1 aromatic heterocycles. The van der Waals surface area contributed by atoms with Crippen LogP contribution < -0.4 is 5.32 Å². The van der Waals surface area contributed by atoms with Crippen LogP contribution in [-0.4, -0.2) is 16.5 Å². The molecule has 5 heteroatoms. The minimum Gasteiger partial charge on any atom is -0.312 e. The van der Waals surface area contributed by atoms with E-state index >= 15 is 0 Å². The zero-order chi connectivity index (χ0) is 14.1. The summed E-state index contributed by atoms with van der Waals surface area (Å²) < 4.78 is 26.4. The Morgan fingerprint density at radius 1 is 1.20 bits per heavy atom. The van der Waals surface area contributed by atoms with E-state index in [0.29, 0.717) is 11.4 Å². The van der Waals surface area contributed by atoms with Gasteiger partial charge in [0, 0.05) is 36.3 Å². The lowest BCUT2D eigenvalue weighted by Crippen LogP contribution is -2.26. The molecule has 2 aromatic rings. The molecule has 1 aromatic carbocycles. The maximum absolute atomic E-state index is 13.3. The standard InChI is InChI=1S/C15H15F2N3/c1-2-13-10-8-18-6-5-14(10)20-15(19-13)9-3-4-11(16)12(17)7-9/h3-4,7,18H,2,5-6,8H2,1H3. The van der Waals surface area contributed by atoms with E-state index in [1.165, 1.54) is 6.07 Å². The van der Waals surface area contributed by atoms with E-state index < -0.39 is 11.6 Å². The first-order valence-electron chi connectivity index (χ1n) is 6.74. The molecule has 1 N–H and O–H groups in total. The third kappa shape index (κ3) is 2.29. The molecular weight excluding hydrogens is 260 g/mol. The summed E-state index contributed by atoms with van der Waals surface area (Å²) in [4.78, 5) is 9.03. The first-order valence-corrected chi connectivity index (χ1v) is 6.74. The highest BCUT2D eigenvalue weighted by molar-refractivity contribution is 5.56. The van der Waals surface area contributed by atoms with E-state index in [4.69, 9.17) is 0 Å². The molecule has 0 atom stereocenters. The Morgan fingerprint density at radius 3 is 2.80 bits per heavy atom. The molecule has 2 heterocycles. The van der Waals surface area contributed by atoms with Crippen LogP contribution in [0.25, 0.3) is 11.4 Å².